The highest BCUT2D eigenvalue weighted by Crippen LogP contribution is 2.27. The average Bonchev–Trinajstić information content (AvgIpc) is 3.02. The minimum atomic E-state index is -0.359. The smallest absolute Gasteiger partial charge is 0.269 e. The summed E-state index contributed by atoms with van der Waals surface area (Å²) < 4.78 is 2.27. The van der Waals surface area contributed by atoms with Crippen LogP contribution in [0.25, 0.3) is 0 Å². The number of nitro groups is 1. The molecule has 20 heavy (non-hydrogen) atoms. The fourth-order valence-corrected chi connectivity index (χ4v) is 2.80. The first kappa shape index (κ1) is 12.7. The van der Waals surface area contributed by atoms with Crippen molar-refractivity contribution in [2.45, 2.75) is 18.9 Å². The van der Waals surface area contributed by atoms with Crippen LogP contribution in [0, 0.1) is 10.1 Å². The second kappa shape index (κ2) is 5.36. The van der Waals surface area contributed by atoms with E-state index >= 15 is 0 Å². The van der Waals surface area contributed by atoms with E-state index in [2.05, 4.69) is 34.0 Å². The van der Waals surface area contributed by atoms with Crippen LogP contribution < -0.4 is 4.90 Å². The minimum Gasteiger partial charge on any atom is -0.371 e. The molecule has 0 radical (unpaired) electrons. The summed E-state index contributed by atoms with van der Waals surface area (Å²) in [4.78, 5) is 12.6. The van der Waals surface area contributed by atoms with Crippen molar-refractivity contribution in [1.82, 2.24) is 4.57 Å². The molecule has 1 fully saturated rings. The molecule has 1 aromatic carbocycles. The molecule has 104 valence electrons. The molecule has 5 heteroatoms. The zero-order chi connectivity index (χ0) is 13.9. The van der Waals surface area contributed by atoms with Gasteiger partial charge in [-0.3, -0.25) is 10.1 Å². The van der Waals surface area contributed by atoms with Gasteiger partial charge in [0.25, 0.3) is 5.69 Å². The van der Waals surface area contributed by atoms with E-state index in [0.717, 1.165) is 31.6 Å². The summed E-state index contributed by atoms with van der Waals surface area (Å²) in [5.41, 5.74) is 1.22. The van der Waals surface area contributed by atoms with E-state index in [1.54, 1.807) is 12.1 Å². The Balaban J connectivity index is 1.64. The molecule has 0 saturated carbocycles. The molecule has 2 aromatic rings. The first-order valence-corrected chi connectivity index (χ1v) is 6.86. The molecule has 1 aromatic heterocycles. The molecule has 3 rings (SSSR count). The second-order valence-corrected chi connectivity index (χ2v) is 5.12. The van der Waals surface area contributed by atoms with Gasteiger partial charge in [0.1, 0.15) is 0 Å². The molecule has 0 atom stereocenters. The van der Waals surface area contributed by atoms with Gasteiger partial charge in [0.05, 0.1) is 4.92 Å². The third-order valence-corrected chi connectivity index (χ3v) is 3.94. The monoisotopic (exact) mass is 271 g/mol. The second-order valence-electron chi connectivity index (χ2n) is 5.12. The number of piperidine rings is 1. The van der Waals surface area contributed by atoms with Gasteiger partial charge in [0.15, 0.2) is 0 Å². The summed E-state index contributed by atoms with van der Waals surface area (Å²) >= 11 is 0. The minimum absolute atomic E-state index is 0.149. The normalized spacial score (nSPS) is 16.3. The lowest BCUT2D eigenvalue weighted by Gasteiger charge is -2.34. The summed E-state index contributed by atoms with van der Waals surface area (Å²) in [6.07, 6.45) is 6.44. The van der Waals surface area contributed by atoms with Crippen LogP contribution in [0.2, 0.25) is 0 Å². The van der Waals surface area contributed by atoms with Gasteiger partial charge in [0.2, 0.25) is 0 Å². The number of rotatable bonds is 3. The fraction of sp³-hybridized carbons (Fsp3) is 0.333. The number of hydrogen-bond acceptors (Lipinski definition) is 3. The zero-order valence-electron chi connectivity index (χ0n) is 11.2. The number of nitrogens with zero attached hydrogens (tertiary/aromatic N) is 3. The zero-order valence-corrected chi connectivity index (χ0v) is 11.2. The number of benzene rings is 1. The molecule has 0 unspecified atom stereocenters. The fourth-order valence-electron chi connectivity index (χ4n) is 2.80. The van der Waals surface area contributed by atoms with Crippen molar-refractivity contribution in [3.8, 4) is 0 Å². The molecular weight excluding hydrogens is 254 g/mol. The summed E-state index contributed by atoms with van der Waals surface area (Å²) in [7, 11) is 0. The first-order valence-electron chi connectivity index (χ1n) is 6.86. The molecule has 0 amide bonds. The molecule has 5 nitrogen and oxygen atoms in total. The van der Waals surface area contributed by atoms with Crippen molar-refractivity contribution < 1.29 is 4.92 Å². The molecule has 0 spiro atoms. The predicted molar refractivity (Wildman–Crippen MR) is 78.0 cm³/mol. The Hall–Kier alpha value is -2.30. The lowest BCUT2D eigenvalue weighted by molar-refractivity contribution is -0.384. The van der Waals surface area contributed by atoms with Gasteiger partial charge in [0, 0.05) is 49.3 Å². The number of aromatic nitrogens is 1. The highest BCUT2D eigenvalue weighted by atomic mass is 16.6. The Morgan fingerprint density at radius 3 is 2.20 bits per heavy atom. The maximum absolute atomic E-state index is 10.7. The van der Waals surface area contributed by atoms with Crippen molar-refractivity contribution in [3.05, 3.63) is 58.9 Å². The van der Waals surface area contributed by atoms with Gasteiger partial charge in [-0.25, -0.2) is 0 Å². The summed E-state index contributed by atoms with van der Waals surface area (Å²) in [6, 6.07) is 11.5. The molecule has 2 heterocycles. The summed E-state index contributed by atoms with van der Waals surface area (Å²) in [6.45, 7) is 1.97. The number of anilines is 1. The SMILES string of the molecule is O=[N+]([O-])c1ccc(N2CCC(n3cccc3)CC2)cc1. The Morgan fingerprint density at radius 2 is 1.65 bits per heavy atom. The van der Waals surface area contributed by atoms with Crippen LogP contribution in [0.4, 0.5) is 11.4 Å². The lowest BCUT2D eigenvalue weighted by Crippen LogP contribution is -2.34. The van der Waals surface area contributed by atoms with Crippen LogP contribution in [0.15, 0.2) is 48.8 Å². The van der Waals surface area contributed by atoms with E-state index in [1.807, 2.05) is 12.1 Å². The third kappa shape index (κ3) is 2.52. The number of nitro benzene ring substituents is 1. The lowest BCUT2D eigenvalue weighted by atomic mass is 10.0. The van der Waals surface area contributed by atoms with E-state index in [0.29, 0.717) is 6.04 Å². The number of hydrogen-bond donors (Lipinski definition) is 0. The predicted octanol–water partition coefficient (Wildman–Crippen LogP) is 3.24. The van der Waals surface area contributed by atoms with Crippen molar-refractivity contribution >= 4 is 11.4 Å². The maximum Gasteiger partial charge on any atom is 0.269 e. The molecule has 0 aliphatic carbocycles. The van der Waals surface area contributed by atoms with Crippen molar-refractivity contribution in [1.29, 1.82) is 0 Å². The third-order valence-electron chi connectivity index (χ3n) is 3.94. The van der Waals surface area contributed by atoms with E-state index in [-0.39, 0.29) is 10.6 Å². The maximum atomic E-state index is 10.7. The van der Waals surface area contributed by atoms with E-state index < -0.39 is 0 Å². The standard InChI is InChI=1S/C15H17N3O2/c19-18(20)15-5-3-13(4-6-15)17-11-7-14(8-12-17)16-9-1-2-10-16/h1-6,9-10,14H,7-8,11-12H2. The van der Waals surface area contributed by atoms with Crippen LogP contribution in [-0.2, 0) is 0 Å². The Labute approximate surface area is 117 Å². The molecular formula is C15H17N3O2. The average molecular weight is 271 g/mol. The highest BCUT2D eigenvalue weighted by Gasteiger charge is 2.20. The number of non-ortho nitro benzene ring substituents is 1. The molecule has 0 bridgehead atoms. The van der Waals surface area contributed by atoms with Gasteiger partial charge < -0.3 is 9.47 Å². The quantitative estimate of drug-likeness (QED) is 0.636. The topological polar surface area (TPSA) is 51.3 Å². The van der Waals surface area contributed by atoms with Gasteiger partial charge in [-0.1, -0.05) is 0 Å². The Bertz CT molecular complexity index is 570. The van der Waals surface area contributed by atoms with Crippen LogP contribution in [-0.4, -0.2) is 22.6 Å². The first-order chi connectivity index (χ1) is 9.74. The summed E-state index contributed by atoms with van der Waals surface area (Å²) in [5.74, 6) is 0. The Morgan fingerprint density at radius 1 is 1.05 bits per heavy atom. The summed E-state index contributed by atoms with van der Waals surface area (Å²) in [5, 5.41) is 10.7. The van der Waals surface area contributed by atoms with Gasteiger partial charge in [-0.2, -0.15) is 0 Å². The van der Waals surface area contributed by atoms with Gasteiger partial charge in [-0.05, 0) is 37.1 Å². The van der Waals surface area contributed by atoms with Crippen molar-refractivity contribution in [2.75, 3.05) is 18.0 Å². The van der Waals surface area contributed by atoms with Gasteiger partial charge in [-0.15, -0.1) is 0 Å². The molecule has 0 N–H and O–H groups in total. The molecule has 1 aliphatic heterocycles. The van der Waals surface area contributed by atoms with E-state index in [9.17, 15) is 10.1 Å². The molecule has 1 aliphatic rings. The van der Waals surface area contributed by atoms with Crippen LogP contribution in [0.3, 0.4) is 0 Å². The van der Waals surface area contributed by atoms with Crippen molar-refractivity contribution in [3.63, 3.8) is 0 Å². The van der Waals surface area contributed by atoms with Crippen LogP contribution >= 0.6 is 0 Å². The van der Waals surface area contributed by atoms with E-state index in [1.165, 1.54) is 0 Å². The Kier molecular flexibility index (Phi) is 3.41. The van der Waals surface area contributed by atoms with Crippen molar-refractivity contribution in [2.24, 2.45) is 0 Å². The molecule has 1 saturated heterocycles. The van der Waals surface area contributed by atoms with Crippen LogP contribution in [0.5, 0.6) is 0 Å². The highest BCUT2D eigenvalue weighted by molar-refractivity contribution is 5.51. The van der Waals surface area contributed by atoms with E-state index in [4.69, 9.17) is 0 Å². The van der Waals surface area contributed by atoms with Gasteiger partial charge >= 0.3 is 0 Å². The largest absolute Gasteiger partial charge is 0.371 e. The van der Waals surface area contributed by atoms with Crippen LogP contribution in [0.1, 0.15) is 18.9 Å².